The highest BCUT2D eigenvalue weighted by molar-refractivity contribution is 7.89. The molecule has 0 amide bonds. The predicted octanol–water partition coefficient (Wildman–Crippen LogP) is 4.43. The van der Waals surface area contributed by atoms with Gasteiger partial charge in [-0.25, -0.2) is 13.1 Å². The van der Waals surface area contributed by atoms with Gasteiger partial charge in [0.15, 0.2) is 0 Å². The van der Waals surface area contributed by atoms with Crippen LogP contribution in [-0.4, -0.2) is 29.2 Å². The van der Waals surface area contributed by atoms with Crippen LogP contribution in [0.1, 0.15) is 28.2 Å². The Balaban J connectivity index is 1.99. The molecule has 0 heterocycles. The fraction of sp³-hybridized carbons (Fsp3) is 0.250. The zero-order valence-corrected chi connectivity index (χ0v) is 18.5. The maximum Gasteiger partial charge on any atom is 0.240 e. The van der Waals surface area contributed by atoms with Crippen LogP contribution in [0.25, 0.3) is 0 Å². The lowest BCUT2D eigenvalue weighted by Gasteiger charge is -2.22. The maximum atomic E-state index is 12.9. The van der Waals surface area contributed by atoms with Gasteiger partial charge in [-0.1, -0.05) is 47.5 Å². The van der Waals surface area contributed by atoms with Crippen molar-refractivity contribution in [1.29, 1.82) is 0 Å². The number of benzene rings is 3. The third kappa shape index (κ3) is 5.01. The molecule has 1 atom stereocenters. The number of ether oxygens (including phenoxy) is 2. The molecule has 0 aliphatic carbocycles. The van der Waals surface area contributed by atoms with E-state index in [0.29, 0.717) is 11.5 Å². The summed E-state index contributed by atoms with van der Waals surface area (Å²) in [7, 11) is -0.445. The second-order valence-electron chi connectivity index (χ2n) is 7.24. The molecule has 1 unspecified atom stereocenters. The van der Waals surface area contributed by atoms with Gasteiger partial charge >= 0.3 is 0 Å². The first kappa shape index (κ1) is 21.9. The summed E-state index contributed by atoms with van der Waals surface area (Å²) in [6.45, 7) is 4.13. The summed E-state index contributed by atoms with van der Waals surface area (Å²) in [6, 6.07) is 20.4. The average Bonchev–Trinajstić information content (AvgIpc) is 2.75. The Hall–Kier alpha value is -2.83. The van der Waals surface area contributed by atoms with E-state index >= 15 is 0 Å². The van der Waals surface area contributed by atoms with Crippen LogP contribution >= 0.6 is 0 Å². The van der Waals surface area contributed by atoms with Gasteiger partial charge in [-0.05, 0) is 49.7 Å². The summed E-state index contributed by atoms with van der Waals surface area (Å²) in [5.41, 5.74) is 3.98. The molecule has 3 rings (SSSR count). The summed E-state index contributed by atoms with van der Waals surface area (Å²) in [4.78, 5) is 0.244. The quantitative estimate of drug-likeness (QED) is 0.580. The van der Waals surface area contributed by atoms with E-state index in [1.807, 2.05) is 56.3 Å². The van der Waals surface area contributed by atoms with Crippen molar-refractivity contribution < 1.29 is 17.9 Å². The largest absolute Gasteiger partial charge is 0.497 e. The highest BCUT2D eigenvalue weighted by Gasteiger charge is 2.23. The summed E-state index contributed by atoms with van der Waals surface area (Å²) in [5, 5.41) is 0. The summed E-state index contributed by atoms with van der Waals surface area (Å²) in [5.74, 6) is 1.11. The molecule has 0 aromatic heterocycles. The molecular weight excluding hydrogens is 398 g/mol. The second-order valence-corrected chi connectivity index (χ2v) is 9.00. The number of hydrogen-bond donors (Lipinski definition) is 1. The molecule has 3 aromatic rings. The van der Waals surface area contributed by atoms with Gasteiger partial charge in [-0.3, -0.25) is 0 Å². The van der Waals surface area contributed by atoms with Gasteiger partial charge in [0.1, 0.15) is 11.5 Å². The number of hydrogen-bond acceptors (Lipinski definition) is 4. The Morgan fingerprint density at radius 1 is 0.833 bits per heavy atom. The van der Waals surface area contributed by atoms with Crippen LogP contribution in [0.2, 0.25) is 0 Å². The van der Waals surface area contributed by atoms with Crippen LogP contribution in [0.4, 0.5) is 0 Å². The number of rotatable bonds is 8. The van der Waals surface area contributed by atoms with Crippen LogP contribution in [0.15, 0.2) is 71.6 Å². The molecule has 0 bridgehead atoms. The fourth-order valence-electron chi connectivity index (χ4n) is 3.31. The fourth-order valence-corrected chi connectivity index (χ4v) is 4.36. The lowest BCUT2D eigenvalue weighted by Crippen LogP contribution is -2.29. The average molecular weight is 426 g/mol. The molecule has 5 nitrogen and oxygen atoms in total. The lowest BCUT2D eigenvalue weighted by atomic mass is 9.90. The van der Waals surface area contributed by atoms with Gasteiger partial charge in [-0.2, -0.15) is 0 Å². The number of nitrogens with one attached hydrogen (secondary N) is 1. The smallest absolute Gasteiger partial charge is 0.240 e. The summed E-state index contributed by atoms with van der Waals surface area (Å²) < 4.78 is 39.5. The molecule has 0 aliphatic heterocycles. The third-order valence-electron chi connectivity index (χ3n) is 5.10. The molecule has 30 heavy (non-hydrogen) atoms. The summed E-state index contributed by atoms with van der Waals surface area (Å²) >= 11 is 0. The molecule has 6 heteroatoms. The monoisotopic (exact) mass is 425 g/mol. The SMILES string of the molecule is COc1ccc(OC)c(C(CNS(=O)(=O)c2ccc(C)cc2)c2ccc(C)cc2)c1. The van der Waals surface area contributed by atoms with Crippen LogP contribution in [0, 0.1) is 13.8 Å². The number of aryl methyl sites for hydroxylation is 2. The Labute approximate surface area is 178 Å². The molecule has 0 fully saturated rings. The predicted molar refractivity (Wildman–Crippen MR) is 119 cm³/mol. The molecule has 0 spiro atoms. The van der Waals surface area contributed by atoms with Crippen LogP contribution in [-0.2, 0) is 10.0 Å². The first-order chi connectivity index (χ1) is 14.3. The van der Waals surface area contributed by atoms with Crippen molar-refractivity contribution in [3.05, 3.63) is 89.0 Å². The van der Waals surface area contributed by atoms with E-state index < -0.39 is 10.0 Å². The maximum absolute atomic E-state index is 12.9. The molecule has 1 N–H and O–H groups in total. The number of sulfonamides is 1. The van der Waals surface area contributed by atoms with Gasteiger partial charge in [0, 0.05) is 18.0 Å². The van der Waals surface area contributed by atoms with Crippen molar-refractivity contribution in [2.24, 2.45) is 0 Å². The van der Waals surface area contributed by atoms with Crippen molar-refractivity contribution >= 4 is 10.0 Å². The Kier molecular flexibility index (Phi) is 6.80. The van der Waals surface area contributed by atoms with Crippen molar-refractivity contribution in [3.8, 4) is 11.5 Å². The van der Waals surface area contributed by atoms with Crippen LogP contribution in [0.5, 0.6) is 11.5 Å². The van der Waals surface area contributed by atoms with Crippen molar-refractivity contribution in [3.63, 3.8) is 0 Å². The molecule has 0 aliphatic rings. The first-order valence-corrected chi connectivity index (χ1v) is 11.2. The minimum absolute atomic E-state index is 0.183. The van der Waals surface area contributed by atoms with Gasteiger partial charge in [-0.15, -0.1) is 0 Å². The first-order valence-electron chi connectivity index (χ1n) is 9.69. The highest BCUT2D eigenvalue weighted by Crippen LogP contribution is 2.35. The molecule has 3 aromatic carbocycles. The van der Waals surface area contributed by atoms with E-state index in [9.17, 15) is 8.42 Å². The Morgan fingerprint density at radius 3 is 2.00 bits per heavy atom. The highest BCUT2D eigenvalue weighted by atomic mass is 32.2. The van der Waals surface area contributed by atoms with Crippen LogP contribution < -0.4 is 14.2 Å². The minimum atomic E-state index is -3.65. The Morgan fingerprint density at radius 2 is 1.43 bits per heavy atom. The van der Waals surface area contributed by atoms with E-state index in [1.165, 1.54) is 0 Å². The van der Waals surface area contributed by atoms with Gasteiger partial charge < -0.3 is 9.47 Å². The van der Waals surface area contributed by atoms with Gasteiger partial charge in [0.05, 0.1) is 19.1 Å². The zero-order chi connectivity index (χ0) is 21.7. The van der Waals surface area contributed by atoms with Gasteiger partial charge in [0.2, 0.25) is 10.0 Å². The van der Waals surface area contributed by atoms with Crippen LogP contribution in [0.3, 0.4) is 0 Å². The lowest BCUT2D eigenvalue weighted by molar-refractivity contribution is 0.396. The number of methoxy groups -OCH3 is 2. The zero-order valence-electron chi connectivity index (χ0n) is 17.7. The molecule has 0 saturated heterocycles. The summed E-state index contributed by atoms with van der Waals surface area (Å²) in [6.07, 6.45) is 0. The standard InChI is InChI=1S/C24H27NO4S/c1-17-5-9-19(10-6-17)23(22-15-20(28-3)11-14-24(22)29-4)16-25-30(26,27)21-12-7-18(2)8-13-21/h5-15,23,25H,16H2,1-4H3. The van der Waals surface area contributed by atoms with E-state index in [4.69, 9.17) is 9.47 Å². The van der Waals surface area contributed by atoms with E-state index in [2.05, 4.69) is 4.72 Å². The second kappa shape index (κ2) is 9.32. The van der Waals surface area contributed by atoms with Crippen molar-refractivity contribution in [2.75, 3.05) is 20.8 Å². The van der Waals surface area contributed by atoms with Crippen molar-refractivity contribution in [2.45, 2.75) is 24.7 Å². The van der Waals surface area contributed by atoms with Gasteiger partial charge in [0.25, 0.3) is 0 Å². The Bertz CT molecular complexity index is 1090. The molecule has 0 saturated carbocycles. The van der Waals surface area contributed by atoms with Crippen molar-refractivity contribution in [1.82, 2.24) is 4.72 Å². The van der Waals surface area contributed by atoms with E-state index in [1.54, 1.807) is 38.5 Å². The normalized spacial score (nSPS) is 12.4. The molecule has 0 radical (unpaired) electrons. The van der Waals surface area contributed by atoms with E-state index in [-0.39, 0.29) is 17.4 Å². The topological polar surface area (TPSA) is 64.6 Å². The molecular formula is C24H27NO4S. The third-order valence-corrected chi connectivity index (χ3v) is 6.54. The van der Waals surface area contributed by atoms with E-state index in [0.717, 1.165) is 22.3 Å². The molecule has 158 valence electrons. The minimum Gasteiger partial charge on any atom is -0.497 e.